The minimum Gasteiger partial charge on any atom is -0.851 e. The summed E-state index contributed by atoms with van der Waals surface area (Å²) in [6, 6.07) is -1.02. The van der Waals surface area contributed by atoms with Crippen LogP contribution in [0.25, 0.3) is 11.2 Å². The van der Waals surface area contributed by atoms with Crippen LogP contribution in [0.3, 0.4) is 0 Å². The third-order valence-corrected chi connectivity index (χ3v) is 5.73. The Labute approximate surface area is 239 Å². The number of fused-ring (bicyclic) bond motifs is 1. The standard InChI is InChI=1S/C10H12N4O12P2.3Na/c15-5-3(1-24-28(22,23)26-27(19,20)21)25-9(6(5)16)14-2-11-4-7(14)12-10(18)13-8(4)17;;;/h2-3,5-6,9H,1H2,(H,22,23)(H2,19,20,21)(H2,12,13,17,18);;;/q-2;3*+1/p-1/t3-,5-,6-,9-;;;/m1.../s1. The van der Waals surface area contributed by atoms with Crippen molar-refractivity contribution >= 4 is 26.8 Å². The zero-order valence-corrected chi connectivity index (χ0v) is 24.1. The van der Waals surface area contributed by atoms with Crippen LogP contribution in [0.15, 0.2) is 11.1 Å². The first-order chi connectivity index (χ1) is 12.9. The number of nitrogens with zero attached hydrogens (tertiary/aromatic N) is 3. The minimum atomic E-state index is -5.37. The summed E-state index contributed by atoms with van der Waals surface area (Å²) in [7, 11) is -10.6. The van der Waals surface area contributed by atoms with Gasteiger partial charge >= 0.3 is 104 Å². The second-order valence-corrected chi connectivity index (χ2v) is 8.36. The Hall–Kier alpha value is 1.29. The van der Waals surface area contributed by atoms with Gasteiger partial charge in [0.2, 0.25) is 0 Å². The number of H-pyrrole nitrogens is 1. The van der Waals surface area contributed by atoms with Crippen LogP contribution in [0.5, 0.6) is 6.01 Å². The number of ether oxygens (including phenoxy) is 1. The maximum absolute atomic E-state index is 12.2. The van der Waals surface area contributed by atoms with Crippen molar-refractivity contribution in [1.29, 1.82) is 0 Å². The van der Waals surface area contributed by atoms with E-state index in [0.29, 0.717) is 0 Å². The minimum absolute atomic E-state index is 0. The van der Waals surface area contributed by atoms with E-state index in [9.17, 15) is 34.1 Å². The van der Waals surface area contributed by atoms with E-state index in [4.69, 9.17) is 14.5 Å². The van der Waals surface area contributed by atoms with E-state index < -0.39 is 58.4 Å². The van der Waals surface area contributed by atoms with Crippen molar-refractivity contribution in [3.8, 4) is 6.01 Å². The van der Waals surface area contributed by atoms with Gasteiger partial charge in [-0.05, 0) is 0 Å². The second kappa shape index (κ2) is 12.3. The van der Waals surface area contributed by atoms with Crippen LogP contribution in [0.1, 0.15) is 6.23 Å². The van der Waals surface area contributed by atoms with Crippen molar-refractivity contribution in [2.24, 2.45) is 0 Å². The van der Waals surface area contributed by atoms with Gasteiger partial charge in [0.25, 0.3) is 5.56 Å². The normalized spacial score (nSPS) is 25.2. The number of hydrogen-bond donors (Lipinski definition) is 4. The zero-order valence-electron chi connectivity index (χ0n) is 16.3. The summed E-state index contributed by atoms with van der Waals surface area (Å²) in [6.45, 7) is -1.01. The van der Waals surface area contributed by atoms with Gasteiger partial charge in [-0.2, -0.15) is 4.31 Å². The number of aromatic amines is 1. The Morgan fingerprint density at radius 1 is 1.19 bits per heavy atom. The van der Waals surface area contributed by atoms with E-state index in [0.717, 1.165) is 10.9 Å². The van der Waals surface area contributed by atoms with Crippen molar-refractivity contribution in [1.82, 2.24) is 19.5 Å². The number of nitrogens with one attached hydrogen (secondary N) is 1. The summed E-state index contributed by atoms with van der Waals surface area (Å²) in [4.78, 5) is 46.9. The molecule has 156 valence electrons. The summed E-state index contributed by atoms with van der Waals surface area (Å²) in [6.07, 6.45) is -6.34. The first-order valence-corrected chi connectivity index (χ1v) is 10.3. The van der Waals surface area contributed by atoms with Crippen molar-refractivity contribution in [3.05, 3.63) is 16.7 Å². The molecule has 3 heterocycles. The second-order valence-electron chi connectivity index (χ2n) is 5.53. The molecule has 0 bridgehead atoms. The maximum Gasteiger partial charge on any atom is 1.00 e. The monoisotopic (exact) mass is 510 g/mol. The summed E-state index contributed by atoms with van der Waals surface area (Å²) < 4.78 is 35.9. The topological polar surface area (TPSA) is 255 Å². The summed E-state index contributed by atoms with van der Waals surface area (Å²) >= 11 is 0. The Kier molecular flexibility index (Phi) is 12.8. The molecule has 0 aromatic carbocycles. The molecular formula is C10H11N4Na3O12P2. The predicted octanol–water partition coefficient (Wildman–Crippen LogP) is -13.2. The van der Waals surface area contributed by atoms with Crippen LogP contribution in [0.4, 0.5) is 0 Å². The van der Waals surface area contributed by atoms with Gasteiger partial charge in [-0.1, -0.05) is 6.10 Å². The molecule has 0 aliphatic carbocycles. The largest absolute Gasteiger partial charge is 1.00 e. The van der Waals surface area contributed by atoms with E-state index >= 15 is 0 Å². The number of rotatable bonds is 6. The molecule has 31 heavy (non-hydrogen) atoms. The molecule has 5 atom stereocenters. The molecule has 21 heteroatoms. The van der Waals surface area contributed by atoms with Gasteiger partial charge < -0.3 is 39.7 Å². The third-order valence-electron chi connectivity index (χ3n) is 3.58. The number of hydrogen-bond acceptors (Lipinski definition) is 11. The molecule has 0 radical (unpaired) electrons. The van der Waals surface area contributed by atoms with E-state index in [1.807, 2.05) is 4.98 Å². The average molecular weight is 510 g/mol. The smallest absolute Gasteiger partial charge is 0.851 e. The molecule has 4 N–H and O–H groups in total. The van der Waals surface area contributed by atoms with E-state index in [-0.39, 0.29) is 99.8 Å². The average Bonchev–Trinajstić information content (AvgIpc) is 3.06. The fourth-order valence-corrected chi connectivity index (χ4v) is 4.08. The third kappa shape index (κ3) is 7.90. The number of imidazole rings is 1. The van der Waals surface area contributed by atoms with Crippen molar-refractivity contribution in [2.45, 2.75) is 24.5 Å². The molecule has 0 saturated carbocycles. The Morgan fingerprint density at radius 2 is 1.81 bits per heavy atom. The van der Waals surface area contributed by atoms with Crippen molar-refractivity contribution < 1.29 is 141 Å². The molecule has 0 spiro atoms. The summed E-state index contributed by atoms with van der Waals surface area (Å²) in [5.41, 5.74) is -1.47. The molecule has 1 aliphatic heterocycles. The van der Waals surface area contributed by atoms with Crippen LogP contribution in [-0.2, 0) is 22.7 Å². The summed E-state index contributed by atoms with van der Waals surface area (Å²) in [5.74, 6) is 0. The molecular weight excluding hydrogens is 499 g/mol. The molecule has 2 aromatic heterocycles. The molecule has 3 rings (SSSR count). The Morgan fingerprint density at radius 3 is 2.39 bits per heavy atom. The molecule has 1 unspecified atom stereocenters. The van der Waals surface area contributed by atoms with Crippen LogP contribution in [-0.4, -0.2) is 59.1 Å². The molecule has 1 fully saturated rings. The number of aromatic nitrogens is 4. The molecule has 1 saturated heterocycles. The van der Waals surface area contributed by atoms with Gasteiger partial charge in [0.1, 0.15) is 6.23 Å². The number of phosphoric acid groups is 2. The van der Waals surface area contributed by atoms with Gasteiger partial charge in [0, 0.05) is 0 Å². The van der Waals surface area contributed by atoms with Gasteiger partial charge in [0.05, 0.1) is 25.0 Å². The van der Waals surface area contributed by atoms with E-state index in [1.54, 1.807) is 0 Å². The molecule has 1 aliphatic rings. The fraction of sp³-hybridized carbons (Fsp3) is 0.500. The van der Waals surface area contributed by atoms with Crippen LogP contribution in [0, 0.1) is 0 Å². The van der Waals surface area contributed by atoms with Crippen molar-refractivity contribution in [2.75, 3.05) is 6.61 Å². The molecule has 2 aromatic rings. The van der Waals surface area contributed by atoms with Gasteiger partial charge in [-0.3, -0.25) is 13.9 Å². The van der Waals surface area contributed by atoms with Gasteiger partial charge in [0.15, 0.2) is 11.2 Å². The molecule has 16 nitrogen and oxygen atoms in total. The molecule has 0 amide bonds. The van der Waals surface area contributed by atoms with Crippen molar-refractivity contribution in [3.63, 3.8) is 0 Å². The Balaban J connectivity index is 0.00000300. The van der Waals surface area contributed by atoms with Gasteiger partial charge in [-0.25, -0.2) is 19.1 Å². The van der Waals surface area contributed by atoms with E-state index in [2.05, 4.69) is 18.8 Å². The predicted molar refractivity (Wildman–Crippen MR) is 78.0 cm³/mol. The number of phosphoric ester groups is 1. The van der Waals surface area contributed by atoms with Crippen LogP contribution < -0.4 is 110 Å². The first kappa shape index (κ1) is 32.3. The zero-order chi connectivity index (χ0) is 20.9. The van der Waals surface area contributed by atoms with Crippen LogP contribution in [0.2, 0.25) is 0 Å². The SMILES string of the molecule is O=c1[nH]c([O-])nc2c1ncn2[C@@H]1O[C@H](COP(=O)(O)OP(=O)(O)O)[C@@H]([O-])[C@H]1[O-].[Na+].[Na+].[Na+]. The quantitative estimate of drug-likeness (QED) is 0.208. The first-order valence-electron chi connectivity index (χ1n) is 7.23. The van der Waals surface area contributed by atoms with Crippen LogP contribution >= 0.6 is 15.6 Å². The van der Waals surface area contributed by atoms with Gasteiger partial charge in [-0.15, -0.1) is 6.10 Å². The fourth-order valence-electron chi connectivity index (χ4n) is 2.48. The Bertz CT molecular complexity index is 1050. The summed E-state index contributed by atoms with van der Waals surface area (Å²) in [5, 5.41) is 35.7. The maximum atomic E-state index is 12.2. The van der Waals surface area contributed by atoms with E-state index in [1.165, 1.54) is 0 Å².